The summed E-state index contributed by atoms with van der Waals surface area (Å²) in [6.07, 6.45) is 1.59. The summed E-state index contributed by atoms with van der Waals surface area (Å²) in [7, 11) is 0. The van der Waals surface area contributed by atoms with E-state index in [0.717, 1.165) is 32.6 Å². The Morgan fingerprint density at radius 2 is 2.11 bits per heavy atom. The van der Waals surface area contributed by atoms with Gasteiger partial charge in [-0.1, -0.05) is 24.6 Å². The standard InChI is InChI=1S/C15H21NO2/c1-12-3-4-15(16-6-9-18-10-7-16)14(11-12)13(2)5-8-17/h3-4,8,11,13H,5-7,9-10H2,1-2H3. The van der Waals surface area contributed by atoms with E-state index in [-0.39, 0.29) is 5.92 Å². The molecule has 3 heteroatoms. The Labute approximate surface area is 109 Å². The molecule has 1 aromatic rings. The molecule has 98 valence electrons. The zero-order valence-corrected chi connectivity index (χ0v) is 11.2. The van der Waals surface area contributed by atoms with Crippen LogP contribution >= 0.6 is 0 Å². The minimum Gasteiger partial charge on any atom is -0.378 e. The van der Waals surface area contributed by atoms with Crippen molar-refractivity contribution in [3.05, 3.63) is 29.3 Å². The van der Waals surface area contributed by atoms with Gasteiger partial charge in [0.2, 0.25) is 0 Å². The van der Waals surface area contributed by atoms with Crippen LogP contribution in [0.5, 0.6) is 0 Å². The molecule has 0 aliphatic carbocycles. The van der Waals surface area contributed by atoms with Crippen molar-refractivity contribution < 1.29 is 9.53 Å². The lowest BCUT2D eigenvalue weighted by molar-refractivity contribution is -0.108. The highest BCUT2D eigenvalue weighted by molar-refractivity contribution is 5.59. The van der Waals surface area contributed by atoms with E-state index in [1.165, 1.54) is 16.8 Å². The number of morpholine rings is 1. The molecule has 0 amide bonds. The third-order valence-electron chi connectivity index (χ3n) is 3.52. The van der Waals surface area contributed by atoms with Crippen LogP contribution in [0.25, 0.3) is 0 Å². The molecule has 0 spiro atoms. The minimum atomic E-state index is 0.278. The number of nitrogens with zero attached hydrogens (tertiary/aromatic N) is 1. The van der Waals surface area contributed by atoms with Crippen LogP contribution in [-0.2, 0) is 9.53 Å². The average Bonchev–Trinajstić information content (AvgIpc) is 2.40. The highest BCUT2D eigenvalue weighted by atomic mass is 16.5. The van der Waals surface area contributed by atoms with Crippen molar-refractivity contribution in [2.75, 3.05) is 31.2 Å². The van der Waals surface area contributed by atoms with Crippen LogP contribution in [0.4, 0.5) is 5.69 Å². The molecule has 1 aliphatic rings. The predicted molar refractivity (Wildman–Crippen MR) is 73.3 cm³/mol. The van der Waals surface area contributed by atoms with Crippen LogP contribution in [0.15, 0.2) is 18.2 Å². The Balaban J connectivity index is 2.29. The van der Waals surface area contributed by atoms with Gasteiger partial charge in [-0.15, -0.1) is 0 Å². The van der Waals surface area contributed by atoms with Gasteiger partial charge in [0.25, 0.3) is 0 Å². The number of anilines is 1. The number of carbonyl (C=O) groups excluding carboxylic acids is 1. The SMILES string of the molecule is Cc1ccc(N2CCOCC2)c(C(C)CC=O)c1. The predicted octanol–water partition coefficient (Wildman–Crippen LogP) is 2.52. The van der Waals surface area contributed by atoms with E-state index < -0.39 is 0 Å². The molecule has 1 unspecified atom stereocenters. The molecule has 0 radical (unpaired) electrons. The normalized spacial score (nSPS) is 17.6. The van der Waals surface area contributed by atoms with Gasteiger partial charge in [-0.2, -0.15) is 0 Å². The Hall–Kier alpha value is -1.35. The number of aldehydes is 1. The van der Waals surface area contributed by atoms with E-state index in [4.69, 9.17) is 4.74 Å². The molecular formula is C15H21NO2. The molecule has 1 atom stereocenters. The molecule has 1 saturated heterocycles. The topological polar surface area (TPSA) is 29.5 Å². The lowest BCUT2D eigenvalue weighted by Crippen LogP contribution is -2.36. The molecule has 3 nitrogen and oxygen atoms in total. The average molecular weight is 247 g/mol. The largest absolute Gasteiger partial charge is 0.378 e. The monoisotopic (exact) mass is 247 g/mol. The molecule has 1 aromatic carbocycles. The molecule has 0 N–H and O–H groups in total. The zero-order chi connectivity index (χ0) is 13.0. The number of carbonyl (C=O) groups is 1. The highest BCUT2D eigenvalue weighted by Crippen LogP contribution is 2.30. The quantitative estimate of drug-likeness (QED) is 0.766. The molecular weight excluding hydrogens is 226 g/mol. The summed E-state index contributed by atoms with van der Waals surface area (Å²) in [4.78, 5) is 13.1. The smallest absolute Gasteiger partial charge is 0.120 e. The molecule has 0 bridgehead atoms. The Bertz CT molecular complexity index is 411. The maximum Gasteiger partial charge on any atom is 0.120 e. The molecule has 18 heavy (non-hydrogen) atoms. The Morgan fingerprint density at radius 3 is 2.78 bits per heavy atom. The van der Waals surface area contributed by atoms with E-state index in [0.29, 0.717) is 6.42 Å². The van der Waals surface area contributed by atoms with E-state index in [2.05, 4.69) is 36.9 Å². The van der Waals surface area contributed by atoms with E-state index in [1.54, 1.807) is 0 Å². The first kappa shape index (κ1) is 13.1. The van der Waals surface area contributed by atoms with Gasteiger partial charge in [-0.25, -0.2) is 0 Å². The second-order valence-corrected chi connectivity index (χ2v) is 4.97. The lowest BCUT2D eigenvalue weighted by Gasteiger charge is -2.32. The third-order valence-corrected chi connectivity index (χ3v) is 3.52. The molecule has 1 aliphatic heterocycles. The van der Waals surface area contributed by atoms with Crippen LogP contribution < -0.4 is 4.90 Å². The van der Waals surface area contributed by atoms with Gasteiger partial charge in [0.1, 0.15) is 6.29 Å². The number of hydrogen-bond acceptors (Lipinski definition) is 3. The number of aryl methyl sites for hydroxylation is 1. The summed E-state index contributed by atoms with van der Waals surface area (Å²) in [5, 5.41) is 0. The first-order valence-corrected chi connectivity index (χ1v) is 6.59. The van der Waals surface area contributed by atoms with Gasteiger partial charge in [0.05, 0.1) is 13.2 Å². The van der Waals surface area contributed by atoms with E-state index in [9.17, 15) is 4.79 Å². The zero-order valence-electron chi connectivity index (χ0n) is 11.2. The summed E-state index contributed by atoms with van der Waals surface area (Å²) in [5.74, 6) is 0.278. The van der Waals surface area contributed by atoms with Crippen molar-refractivity contribution in [2.24, 2.45) is 0 Å². The van der Waals surface area contributed by atoms with Gasteiger partial charge in [-0.05, 0) is 24.5 Å². The Kier molecular flexibility index (Phi) is 4.37. The highest BCUT2D eigenvalue weighted by Gasteiger charge is 2.17. The van der Waals surface area contributed by atoms with Crippen LogP contribution in [0.3, 0.4) is 0 Å². The van der Waals surface area contributed by atoms with Gasteiger partial charge in [0.15, 0.2) is 0 Å². The van der Waals surface area contributed by atoms with Crippen molar-refractivity contribution in [3.63, 3.8) is 0 Å². The minimum absolute atomic E-state index is 0.278. The summed E-state index contributed by atoms with van der Waals surface area (Å²) >= 11 is 0. The van der Waals surface area contributed by atoms with Crippen molar-refractivity contribution in [3.8, 4) is 0 Å². The van der Waals surface area contributed by atoms with Crippen molar-refractivity contribution in [1.29, 1.82) is 0 Å². The molecule has 1 heterocycles. The van der Waals surface area contributed by atoms with E-state index >= 15 is 0 Å². The lowest BCUT2D eigenvalue weighted by atomic mass is 9.94. The summed E-state index contributed by atoms with van der Waals surface area (Å²) in [6, 6.07) is 6.53. The molecule has 0 aromatic heterocycles. The fraction of sp³-hybridized carbons (Fsp3) is 0.533. The second-order valence-electron chi connectivity index (χ2n) is 4.97. The number of hydrogen-bond donors (Lipinski definition) is 0. The fourth-order valence-corrected chi connectivity index (χ4v) is 2.43. The maximum atomic E-state index is 10.7. The Morgan fingerprint density at radius 1 is 1.39 bits per heavy atom. The van der Waals surface area contributed by atoms with Crippen LogP contribution in [-0.4, -0.2) is 32.6 Å². The first-order chi connectivity index (χ1) is 8.72. The summed E-state index contributed by atoms with van der Waals surface area (Å²) in [6.45, 7) is 7.66. The van der Waals surface area contributed by atoms with Gasteiger partial charge in [-0.3, -0.25) is 0 Å². The van der Waals surface area contributed by atoms with E-state index in [1.807, 2.05) is 0 Å². The van der Waals surface area contributed by atoms with Gasteiger partial charge < -0.3 is 14.4 Å². The summed E-state index contributed by atoms with van der Waals surface area (Å²) < 4.78 is 5.39. The van der Waals surface area contributed by atoms with Crippen molar-refractivity contribution in [2.45, 2.75) is 26.2 Å². The number of benzene rings is 1. The number of rotatable bonds is 4. The second kappa shape index (κ2) is 6.01. The summed E-state index contributed by atoms with van der Waals surface area (Å²) in [5.41, 5.74) is 3.79. The third kappa shape index (κ3) is 2.91. The molecule has 1 fully saturated rings. The fourth-order valence-electron chi connectivity index (χ4n) is 2.43. The molecule has 0 saturated carbocycles. The van der Waals surface area contributed by atoms with Crippen LogP contribution in [0.1, 0.15) is 30.4 Å². The van der Waals surface area contributed by atoms with Crippen molar-refractivity contribution in [1.82, 2.24) is 0 Å². The van der Waals surface area contributed by atoms with Gasteiger partial charge in [0, 0.05) is 25.2 Å². The maximum absolute atomic E-state index is 10.7. The first-order valence-electron chi connectivity index (χ1n) is 6.59. The van der Waals surface area contributed by atoms with Gasteiger partial charge >= 0.3 is 0 Å². The van der Waals surface area contributed by atoms with Crippen LogP contribution in [0.2, 0.25) is 0 Å². The van der Waals surface area contributed by atoms with Crippen molar-refractivity contribution >= 4 is 12.0 Å². The number of ether oxygens (including phenoxy) is 1. The van der Waals surface area contributed by atoms with Crippen LogP contribution in [0, 0.1) is 6.92 Å². The molecule has 2 rings (SSSR count).